The second-order valence-electron chi connectivity index (χ2n) is 6.67. The number of nitrogens with zero attached hydrogens (tertiary/aromatic N) is 3. The number of amides is 2. The fraction of sp³-hybridized carbons (Fsp3) is 0.444. The van der Waals surface area contributed by atoms with Crippen molar-refractivity contribution in [3.05, 3.63) is 34.6 Å². The number of carbonyl (C=O) groups excluding carboxylic acids is 2. The van der Waals surface area contributed by atoms with Crippen molar-refractivity contribution in [2.75, 3.05) is 11.1 Å². The number of thioether (sulfide) groups is 1. The molecule has 0 fully saturated rings. The molecule has 2 rings (SSSR count). The van der Waals surface area contributed by atoms with Gasteiger partial charge in [0.1, 0.15) is 5.82 Å². The van der Waals surface area contributed by atoms with Crippen LogP contribution in [0.25, 0.3) is 0 Å². The predicted molar refractivity (Wildman–Crippen MR) is 108 cm³/mol. The van der Waals surface area contributed by atoms with E-state index in [1.807, 2.05) is 17.6 Å². The van der Waals surface area contributed by atoms with E-state index in [1.165, 1.54) is 11.8 Å². The van der Waals surface area contributed by atoms with Gasteiger partial charge in [-0.1, -0.05) is 43.3 Å². The van der Waals surface area contributed by atoms with Crippen molar-refractivity contribution in [1.82, 2.24) is 14.8 Å². The average molecular weight is 410 g/mol. The molecule has 3 N–H and O–H groups in total. The van der Waals surface area contributed by atoms with Crippen molar-refractivity contribution in [2.45, 2.75) is 45.3 Å². The van der Waals surface area contributed by atoms with Crippen LogP contribution in [0.5, 0.6) is 0 Å². The van der Waals surface area contributed by atoms with Gasteiger partial charge in [0.25, 0.3) is 0 Å². The number of aryl methyl sites for hydroxylation is 2. The molecule has 0 unspecified atom stereocenters. The molecule has 0 bridgehead atoms. The quantitative estimate of drug-likeness (QED) is 0.619. The third-order valence-electron chi connectivity index (χ3n) is 3.74. The second-order valence-corrected chi connectivity index (χ2v) is 8.04. The van der Waals surface area contributed by atoms with E-state index in [-0.39, 0.29) is 24.0 Å². The minimum absolute atomic E-state index is 0.150. The van der Waals surface area contributed by atoms with Crippen molar-refractivity contribution >= 4 is 40.9 Å². The van der Waals surface area contributed by atoms with Gasteiger partial charge in [0.2, 0.25) is 11.8 Å². The Balaban J connectivity index is 2.04. The Morgan fingerprint density at radius 2 is 2.07 bits per heavy atom. The molecule has 0 atom stereocenters. The minimum Gasteiger partial charge on any atom is -0.370 e. The first kappa shape index (κ1) is 21.2. The second kappa shape index (κ2) is 9.75. The van der Waals surface area contributed by atoms with Gasteiger partial charge in [-0.2, -0.15) is 0 Å². The first-order chi connectivity index (χ1) is 12.8. The van der Waals surface area contributed by atoms with E-state index in [9.17, 15) is 9.59 Å². The van der Waals surface area contributed by atoms with Crippen LogP contribution in [0.15, 0.2) is 23.4 Å². The standard InChI is InChI=1S/C18H24ClN5O2S/c1-11(2)9-24-16(7-6-15(20)25)22-23-18(24)27-10-17(26)21-14-8-13(19)5-4-12(14)3/h4-5,8,11H,6-7,9-10H2,1-3H3,(H2,20,25)(H,21,26). The lowest BCUT2D eigenvalue weighted by Crippen LogP contribution is -2.17. The number of hydrogen-bond acceptors (Lipinski definition) is 5. The summed E-state index contributed by atoms with van der Waals surface area (Å²) in [5, 5.41) is 12.4. The van der Waals surface area contributed by atoms with Crippen LogP contribution in [0.2, 0.25) is 5.02 Å². The Kier molecular flexibility index (Phi) is 7.67. The monoisotopic (exact) mass is 409 g/mol. The molecular weight excluding hydrogens is 386 g/mol. The molecule has 0 spiro atoms. The van der Waals surface area contributed by atoms with E-state index >= 15 is 0 Å². The highest BCUT2D eigenvalue weighted by molar-refractivity contribution is 7.99. The van der Waals surface area contributed by atoms with Crippen LogP contribution in [0, 0.1) is 12.8 Å². The molecule has 1 aromatic heterocycles. The molecule has 0 saturated carbocycles. The number of benzene rings is 1. The molecule has 0 aliphatic carbocycles. The van der Waals surface area contributed by atoms with E-state index < -0.39 is 0 Å². The smallest absolute Gasteiger partial charge is 0.234 e. The fourth-order valence-corrected chi connectivity index (χ4v) is 3.38. The lowest BCUT2D eigenvalue weighted by molar-refractivity contribution is -0.118. The summed E-state index contributed by atoms with van der Waals surface area (Å²) in [6.07, 6.45) is 0.652. The van der Waals surface area contributed by atoms with Gasteiger partial charge in [0, 0.05) is 30.1 Å². The molecule has 27 heavy (non-hydrogen) atoms. The molecular formula is C18H24ClN5O2S. The zero-order valence-electron chi connectivity index (χ0n) is 15.7. The van der Waals surface area contributed by atoms with Crippen LogP contribution in [-0.4, -0.2) is 32.3 Å². The number of nitrogens with two attached hydrogens (primary N) is 1. The van der Waals surface area contributed by atoms with Gasteiger partial charge in [0.15, 0.2) is 5.16 Å². The molecule has 2 aromatic rings. The Labute approximate surface area is 168 Å². The normalized spacial score (nSPS) is 11.0. The number of rotatable bonds is 9. The van der Waals surface area contributed by atoms with E-state index in [2.05, 4.69) is 29.4 Å². The largest absolute Gasteiger partial charge is 0.370 e. The summed E-state index contributed by atoms with van der Waals surface area (Å²) < 4.78 is 1.95. The highest BCUT2D eigenvalue weighted by Gasteiger charge is 2.16. The third-order valence-corrected chi connectivity index (χ3v) is 4.94. The highest BCUT2D eigenvalue weighted by Crippen LogP contribution is 2.22. The summed E-state index contributed by atoms with van der Waals surface area (Å²) in [4.78, 5) is 23.4. The molecule has 2 amide bonds. The van der Waals surface area contributed by atoms with E-state index in [4.69, 9.17) is 17.3 Å². The molecule has 0 radical (unpaired) electrons. The molecule has 0 aliphatic heterocycles. The summed E-state index contributed by atoms with van der Waals surface area (Å²) in [6.45, 7) is 6.78. The van der Waals surface area contributed by atoms with Crippen LogP contribution in [0.4, 0.5) is 5.69 Å². The van der Waals surface area contributed by atoms with E-state index in [0.717, 1.165) is 5.56 Å². The van der Waals surface area contributed by atoms with Crippen molar-refractivity contribution in [3.8, 4) is 0 Å². The average Bonchev–Trinajstić information content (AvgIpc) is 2.95. The van der Waals surface area contributed by atoms with Crippen LogP contribution in [-0.2, 0) is 22.6 Å². The summed E-state index contributed by atoms with van der Waals surface area (Å²) >= 11 is 7.30. The maximum atomic E-state index is 12.3. The van der Waals surface area contributed by atoms with Crippen LogP contribution < -0.4 is 11.1 Å². The van der Waals surface area contributed by atoms with E-state index in [0.29, 0.717) is 40.6 Å². The number of aromatic nitrogens is 3. The van der Waals surface area contributed by atoms with Gasteiger partial charge >= 0.3 is 0 Å². The van der Waals surface area contributed by atoms with Crippen molar-refractivity contribution in [1.29, 1.82) is 0 Å². The number of hydrogen-bond donors (Lipinski definition) is 2. The maximum absolute atomic E-state index is 12.3. The number of primary amides is 1. The van der Waals surface area contributed by atoms with Gasteiger partial charge in [-0.15, -0.1) is 10.2 Å². The zero-order chi connectivity index (χ0) is 20.0. The molecule has 146 valence electrons. The summed E-state index contributed by atoms with van der Waals surface area (Å²) in [5.74, 6) is 0.743. The van der Waals surface area contributed by atoms with Crippen molar-refractivity contribution < 1.29 is 9.59 Å². The van der Waals surface area contributed by atoms with Gasteiger partial charge in [-0.05, 0) is 30.5 Å². The topological polar surface area (TPSA) is 103 Å². The molecule has 0 saturated heterocycles. The van der Waals surface area contributed by atoms with Crippen molar-refractivity contribution in [3.63, 3.8) is 0 Å². The highest BCUT2D eigenvalue weighted by atomic mass is 35.5. The zero-order valence-corrected chi connectivity index (χ0v) is 17.2. The predicted octanol–water partition coefficient (Wildman–Crippen LogP) is 3.04. The van der Waals surface area contributed by atoms with Crippen LogP contribution in [0.3, 0.4) is 0 Å². The Bertz CT molecular complexity index is 822. The number of nitrogens with one attached hydrogen (secondary N) is 1. The number of anilines is 1. The lowest BCUT2D eigenvalue weighted by Gasteiger charge is -2.12. The number of carbonyl (C=O) groups is 2. The molecule has 0 aliphatic rings. The Hall–Kier alpha value is -2.06. The maximum Gasteiger partial charge on any atom is 0.234 e. The van der Waals surface area contributed by atoms with Gasteiger partial charge in [0.05, 0.1) is 5.75 Å². The number of halogens is 1. The Morgan fingerprint density at radius 1 is 1.33 bits per heavy atom. The Morgan fingerprint density at radius 3 is 2.74 bits per heavy atom. The first-order valence-corrected chi connectivity index (χ1v) is 10.0. The third kappa shape index (κ3) is 6.55. The fourth-order valence-electron chi connectivity index (χ4n) is 2.44. The van der Waals surface area contributed by atoms with Crippen LogP contribution in [0.1, 0.15) is 31.7 Å². The van der Waals surface area contributed by atoms with E-state index in [1.54, 1.807) is 12.1 Å². The van der Waals surface area contributed by atoms with Gasteiger partial charge in [-0.3, -0.25) is 9.59 Å². The minimum atomic E-state index is -0.375. The molecule has 1 aromatic carbocycles. The summed E-state index contributed by atoms with van der Waals surface area (Å²) in [5.41, 5.74) is 6.86. The summed E-state index contributed by atoms with van der Waals surface area (Å²) in [7, 11) is 0. The molecule has 9 heteroatoms. The first-order valence-electron chi connectivity index (χ1n) is 8.65. The van der Waals surface area contributed by atoms with Gasteiger partial charge in [-0.25, -0.2) is 0 Å². The summed E-state index contributed by atoms with van der Waals surface area (Å²) in [6, 6.07) is 5.36. The lowest BCUT2D eigenvalue weighted by atomic mass is 10.2. The van der Waals surface area contributed by atoms with Crippen molar-refractivity contribution in [2.24, 2.45) is 11.7 Å². The van der Waals surface area contributed by atoms with Gasteiger partial charge < -0.3 is 15.6 Å². The van der Waals surface area contributed by atoms with Crippen LogP contribution >= 0.6 is 23.4 Å². The SMILES string of the molecule is Cc1ccc(Cl)cc1NC(=O)CSc1nnc(CCC(N)=O)n1CC(C)C. The molecule has 7 nitrogen and oxygen atoms in total. The molecule has 1 heterocycles.